The summed E-state index contributed by atoms with van der Waals surface area (Å²) in [7, 11) is 0. The third-order valence-corrected chi connectivity index (χ3v) is 12.8. The Balaban J connectivity index is 4.33. The minimum atomic E-state index is -0.768. The Kier molecular flexibility index (Phi) is 51.2. The third-order valence-electron chi connectivity index (χ3n) is 12.8. The highest BCUT2D eigenvalue weighted by molar-refractivity contribution is 5.71. The number of hydrogen-bond donors (Lipinski definition) is 0. The summed E-state index contributed by atoms with van der Waals surface area (Å²) in [4.78, 5) is 38.1. The minimum Gasteiger partial charge on any atom is -0.462 e. The van der Waals surface area contributed by atoms with Gasteiger partial charge >= 0.3 is 17.9 Å². The van der Waals surface area contributed by atoms with Crippen LogP contribution in [0.3, 0.4) is 0 Å². The zero-order valence-electron chi connectivity index (χ0n) is 42.6. The monoisotopic (exact) mass is 907 g/mol. The average molecular weight is 907 g/mol. The summed E-state index contributed by atoms with van der Waals surface area (Å²) in [6, 6.07) is 0. The van der Waals surface area contributed by atoms with E-state index >= 15 is 0 Å². The van der Waals surface area contributed by atoms with E-state index in [9.17, 15) is 14.4 Å². The van der Waals surface area contributed by atoms with Crippen molar-refractivity contribution >= 4 is 17.9 Å². The van der Waals surface area contributed by atoms with Crippen molar-refractivity contribution in [1.82, 2.24) is 0 Å². The number of unbranched alkanes of at least 4 members (excludes halogenated alkanes) is 39. The molecule has 6 heteroatoms. The van der Waals surface area contributed by atoms with Crippen molar-refractivity contribution in [2.75, 3.05) is 13.2 Å². The number of allylic oxidation sites excluding steroid dienone is 2. The molecular weight excluding hydrogens is 798 g/mol. The molecule has 0 fully saturated rings. The maximum atomic E-state index is 12.8. The van der Waals surface area contributed by atoms with Gasteiger partial charge in [-0.05, 0) is 44.9 Å². The van der Waals surface area contributed by atoms with E-state index < -0.39 is 6.10 Å². The molecule has 0 aromatic rings. The van der Waals surface area contributed by atoms with Crippen LogP contribution in [0.25, 0.3) is 0 Å². The minimum absolute atomic E-state index is 0.0675. The van der Waals surface area contributed by atoms with Gasteiger partial charge in [0.2, 0.25) is 0 Å². The molecule has 0 heterocycles. The summed E-state index contributed by atoms with van der Waals surface area (Å²) in [5, 5.41) is 0. The van der Waals surface area contributed by atoms with E-state index in [0.29, 0.717) is 19.3 Å². The normalized spacial score (nSPS) is 11.6. The molecule has 0 radical (unpaired) electrons. The quantitative estimate of drug-likeness (QED) is 0.0199. The van der Waals surface area contributed by atoms with Crippen LogP contribution in [-0.4, -0.2) is 37.2 Å². The SMILES string of the molecule is CCCCCCCCCCCCCCCCCC(=O)OCC(COC(=O)CCCCCCCCCCCCCCCCC)O[13C](=O)[13CH2][13CH2][13CH2][13CH2][13CH2][13CH2][13CH2]/[13CH]=[13CH]\[13CH2][13CH2][13CH2][13CH2][13CH2][13CH2][13CH2][13CH3]. The van der Waals surface area contributed by atoms with Crippen molar-refractivity contribution in [2.24, 2.45) is 0 Å². The Morgan fingerprint density at radius 1 is 0.302 bits per heavy atom. The second-order valence-electron chi connectivity index (χ2n) is 19.2. The molecule has 6 nitrogen and oxygen atoms in total. The first-order chi connectivity index (χ1) is 31.0. The summed E-state index contributed by atoms with van der Waals surface area (Å²) in [5.74, 6) is -0.853. The highest BCUT2D eigenvalue weighted by atomic mass is 16.7. The van der Waals surface area contributed by atoms with Crippen LogP contribution in [0.4, 0.5) is 0 Å². The molecule has 372 valence electrons. The largest absolute Gasteiger partial charge is 0.462 e. The van der Waals surface area contributed by atoms with Crippen molar-refractivity contribution in [1.29, 1.82) is 0 Å². The number of ether oxygens (including phenoxy) is 3. The van der Waals surface area contributed by atoms with Crippen LogP contribution in [0.5, 0.6) is 0 Å². The van der Waals surface area contributed by atoms with E-state index in [1.807, 2.05) is 0 Å². The fourth-order valence-corrected chi connectivity index (χ4v) is 8.50. The first kappa shape index (κ1) is 61.1. The van der Waals surface area contributed by atoms with Crippen LogP contribution < -0.4 is 0 Å². The topological polar surface area (TPSA) is 78.9 Å². The van der Waals surface area contributed by atoms with Gasteiger partial charge in [0.15, 0.2) is 6.10 Å². The zero-order valence-corrected chi connectivity index (χ0v) is 42.6. The van der Waals surface area contributed by atoms with Gasteiger partial charge in [0.05, 0.1) is 0 Å². The molecule has 0 bridgehead atoms. The van der Waals surface area contributed by atoms with Crippen LogP contribution in [0.15, 0.2) is 12.2 Å². The lowest BCUT2D eigenvalue weighted by atomic mass is 10.0. The molecule has 0 aliphatic heterocycles. The van der Waals surface area contributed by atoms with Crippen LogP contribution in [0.1, 0.15) is 316 Å². The van der Waals surface area contributed by atoms with E-state index in [4.69, 9.17) is 14.2 Å². The van der Waals surface area contributed by atoms with Crippen LogP contribution in [0.2, 0.25) is 0 Å². The third kappa shape index (κ3) is 51.0. The van der Waals surface area contributed by atoms with E-state index in [0.717, 1.165) is 64.2 Å². The predicted octanol–water partition coefficient (Wildman–Crippen LogP) is 18.5. The maximum Gasteiger partial charge on any atom is 0.306 e. The van der Waals surface area contributed by atoms with Crippen molar-refractivity contribution < 1.29 is 28.6 Å². The number of carbonyl (C=O) groups is 3. The van der Waals surface area contributed by atoms with Gasteiger partial charge in [-0.1, -0.05) is 264 Å². The molecule has 0 aliphatic rings. The second-order valence-corrected chi connectivity index (χ2v) is 19.2. The standard InChI is InChI=1S/C57H108O6/c1-4-7-10-13-16-19-22-25-28-31-34-37-40-43-46-49-55(58)61-52-54(63-57(60)51-48-45-42-39-36-33-30-27-24-21-18-15-12-9-6-3)53-62-56(59)50-47-44-41-38-35-32-29-26-23-20-17-14-11-8-5-2/h27,30,54H,4-26,28-29,31-53H2,1-3H3/b30-27-/i3+1,6+1,9+1,12+1,15+1,18+1,21+1,24+1,27+1,30+1,33+1,36+1,39+1,42+1,45+1,48+1,51+1,57+1. The molecule has 0 spiro atoms. The second kappa shape index (κ2) is 52.8. The molecule has 0 atom stereocenters. The fourth-order valence-electron chi connectivity index (χ4n) is 8.50. The van der Waals surface area contributed by atoms with Crippen molar-refractivity contribution in [2.45, 2.75) is 322 Å². The molecule has 63 heavy (non-hydrogen) atoms. The molecule has 0 aromatic heterocycles. The van der Waals surface area contributed by atoms with E-state index in [1.165, 1.54) is 212 Å². The van der Waals surface area contributed by atoms with Gasteiger partial charge in [0.1, 0.15) is 13.2 Å². The van der Waals surface area contributed by atoms with Crippen LogP contribution in [0, 0.1) is 0 Å². The molecule has 0 N–H and O–H groups in total. The highest BCUT2D eigenvalue weighted by Gasteiger charge is 2.19. The summed E-state index contributed by atoms with van der Waals surface area (Å²) < 4.78 is 16.9. The maximum absolute atomic E-state index is 12.8. The number of hydrogen-bond acceptors (Lipinski definition) is 6. The smallest absolute Gasteiger partial charge is 0.306 e. The molecule has 0 unspecified atom stereocenters. The van der Waals surface area contributed by atoms with Gasteiger partial charge in [-0.3, -0.25) is 14.4 Å². The number of esters is 3. The summed E-state index contributed by atoms with van der Waals surface area (Å²) in [6.45, 7) is 6.68. The number of rotatable bonds is 52. The van der Waals surface area contributed by atoms with E-state index in [1.54, 1.807) is 0 Å². The Bertz CT molecular complexity index is 928. The number of carbonyl (C=O) groups excluding carboxylic acids is 3. The van der Waals surface area contributed by atoms with Gasteiger partial charge in [-0.25, -0.2) is 0 Å². The van der Waals surface area contributed by atoms with E-state index in [2.05, 4.69) is 32.9 Å². The van der Waals surface area contributed by atoms with Gasteiger partial charge in [-0.2, -0.15) is 0 Å². The summed E-state index contributed by atoms with van der Waals surface area (Å²) in [6.07, 6.45) is 59.1. The fraction of sp³-hybridized carbons (Fsp3) is 0.912. The first-order valence-electron chi connectivity index (χ1n) is 28.2. The highest BCUT2D eigenvalue weighted by Crippen LogP contribution is 2.17. The van der Waals surface area contributed by atoms with Crippen molar-refractivity contribution in [3.63, 3.8) is 0 Å². The Hall–Kier alpha value is -1.85. The van der Waals surface area contributed by atoms with Gasteiger partial charge in [0.25, 0.3) is 0 Å². The zero-order chi connectivity index (χ0) is 45.8. The molecule has 0 saturated carbocycles. The van der Waals surface area contributed by atoms with Gasteiger partial charge in [-0.15, -0.1) is 0 Å². The summed E-state index contributed by atoms with van der Waals surface area (Å²) in [5.41, 5.74) is 0. The Labute approximate surface area is 392 Å². The van der Waals surface area contributed by atoms with Crippen LogP contribution >= 0.6 is 0 Å². The lowest BCUT2D eigenvalue weighted by Crippen LogP contribution is -2.30. The molecule has 0 saturated heterocycles. The Morgan fingerprint density at radius 3 is 0.794 bits per heavy atom. The lowest BCUT2D eigenvalue weighted by molar-refractivity contribution is -0.167. The van der Waals surface area contributed by atoms with Crippen molar-refractivity contribution in [3.8, 4) is 0 Å². The predicted molar refractivity (Wildman–Crippen MR) is 270 cm³/mol. The van der Waals surface area contributed by atoms with Crippen LogP contribution in [-0.2, 0) is 28.6 Å². The van der Waals surface area contributed by atoms with E-state index in [-0.39, 0.29) is 31.1 Å². The molecule has 0 aliphatic carbocycles. The summed E-state index contributed by atoms with van der Waals surface area (Å²) >= 11 is 0. The molecule has 0 amide bonds. The Morgan fingerprint density at radius 2 is 0.524 bits per heavy atom. The molecular formula is C57H108O6. The van der Waals surface area contributed by atoms with Crippen molar-refractivity contribution in [3.05, 3.63) is 12.2 Å². The first-order valence-corrected chi connectivity index (χ1v) is 28.2. The van der Waals surface area contributed by atoms with Gasteiger partial charge in [0, 0.05) is 19.3 Å². The molecule has 0 aromatic carbocycles. The lowest BCUT2D eigenvalue weighted by Gasteiger charge is -2.18. The average Bonchev–Trinajstić information content (AvgIpc) is 3.28. The molecule has 0 rings (SSSR count). The van der Waals surface area contributed by atoms with Gasteiger partial charge < -0.3 is 14.2 Å².